The molecule has 2 aromatic rings. The van der Waals surface area contributed by atoms with E-state index in [-0.39, 0.29) is 6.04 Å². The second-order valence-electron chi connectivity index (χ2n) is 4.91. The smallest absolute Gasteiger partial charge is 0.241 e. The SMILES string of the molecule is Cc1ccc(S(=O)(=O)N[C@H](C)Cn2cncn2)c(C)c1. The number of sulfonamides is 1. The number of nitrogens with zero attached hydrogens (tertiary/aromatic N) is 3. The van der Waals surface area contributed by atoms with E-state index in [1.807, 2.05) is 13.0 Å². The van der Waals surface area contributed by atoms with E-state index in [1.165, 1.54) is 6.33 Å². The van der Waals surface area contributed by atoms with Gasteiger partial charge in [-0.05, 0) is 32.4 Å². The van der Waals surface area contributed by atoms with Crippen molar-refractivity contribution in [3.63, 3.8) is 0 Å². The number of hydrogen-bond donors (Lipinski definition) is 1. The van der Waals surface area contributed by atoms with Gasteiger partial charge in [0, 0.05) is 6.04 Å². The molecule has 0 spiro atoms. The minimum atomic E-state index is -3.52. The van der Waals surface area contributed by atoms with E-state index >= 15 is 0 Å². The van der Waals surface area contributed by atoms with Crippen molar-refractivity contribution in [2.24, 2.45) is 0 Å². The molecule has 0 amide bonds. The van der Waals surface area contributed by atoms with Gasteiger partial charge in [-0.1, -0.05) is 17.7 Å². The molecule has 108 valence electrons. The normalized spacial score (nSPS) is 13.3. The van der Waals surface area contributed by atoms with Crippen molar-refractivity contribution in [3.8, 4) is 0 Å². The van der Waals surface area contributed by atoms with Crippen LogP contribution in [0.3, 0.4) is 0 Å². The van der Waals surface area contributed by atoms with Gasteiger partial charge in [-0.25, -0.2) is 18.1 Å². The van der Waals surface area contributed by atoms with Gasteiger partial charge in [0.2, 0.25) is 10.0 Å². The maximum absolute atomic E-state index is 12.3. The van der Waals surface area contributed by atoms with Gasteiger partial charge in [0.1, 0.15) is 12.7 Å². The van der Waals surface area contributed by atoms with Gasteiger partial charge in [0.15, 0.2) is 0 Å². The summed E-state index contributed by atoms with van der Waals surface area (Å²) in [4.78, 5) is 4.14. The van der Waals surface area contributed by atoms with Crippen LogP contribution in [0.5, 0.6) is 0 Å². The highest BCUT2D eigenvalue weighted by Gasteiger charge is 2.19. The Labute approximate surface area is 118 Å². The Balaban J connectivity index is 2.14. The Hall–Kier alpha value is -1.73. The van der Waals surface area contributed by atoms with Gasteiger partial charge >= 0.3 is 0 Å². The van der Waals surface area contributed by atoms with Gasteiger partial charge in [-0.2, -0.15) is 5.10 Å². The summed E-state index contributed by atoms with van der Waals surface area (Å²) in [5.41, 5.74) is 1.78. The second kappa shape index (κ2) is 5.72. The molecule has 0 aliphatic carbocycles. The first kappa shape index (κ1) is 14.7. The van der Waals surface area contributed by atoms with Gasteiger partial charge in [0.25, 0.3) is 0 Å². The number of nitrogens with one attached hydrogen (secondary N) is 1. The third-order valence-electron chi connectivity index (χ3n) is 2.90. The zero-order valence-electron chi connectivity index (χ0n) is 11.7. The van der Waals surface area contributed by atoms with E-state index < -0.39 is 10.0 Å². The standard InChI is InChI=1S/C13H18N4O2S/c1-10-4-5-13(11(2)6-10)20(18,19)16-12(3)7-17-9-14-8-15-17/h4-6,8-9,12,16H,7H2,1-3H3/t12-/m1/s1. The van der Waals surface area contributed by atoms with Crippen LogP contribution in [0.25, 0.3) is 0 Å². The molecule has 7 heteroatoms. The Morgan fingerprint density at radius 2 is 2.10 bits per heavy atom. The van der Waals surface area contributed by atoms with Crippen molar-refractivity contribution >= 4 is 10.0 Å². The third-order valence-corrected chi connectivity index (χ3v) is 4.65. The molecule has 6 nitrogen and oxygen atoms in total. The van der Waals surface area contributed by atoms with E-state index in [4.69, 9.17) is 0 Å². The summed E-state index contributed by atoms with van der Waals surface area (Å²) in [6, 6.07) is 5.01. The third kappa shape index (κ3) is 3.43. The molecule has 1 heterocycles. The lowest BCUT2D eigenvalue weighted by Gasteiger charge is -2.15. The van der Waals surface area contributed by atoms with E-state index in [2.05, 4.69) is 14.8 Å². The average Bonchev–Trinajstić information content (AvgIpc) is 2.79. The van der Waals surface area contributed by atoms with E-state index in [1.54, 1.807) is 37.0 Å². The van der Waals surface area contributed by atoms with Crippen molar-refractivity contribution < 1.29 is 8.42 Å². The van der Waals surface area contributed by atoms with E-state index in [0.29, 0.717) is 11.4 Å². The molecule has 1 aromatic carbocycles. The lowest BCUT2D eigenvalue weighted by atomic mass is 10.2. The van der Waals surface area contributed by atoms with Gasteiger partial charge in [-0.3, -0.25) is 4.68 Å². The predicted octanol–water partition coefficient (Wildman–Crippen LogP) is 1.26. The molecule has 0 aliphatic rings. The zero-order valence-corrected chi connectivity index (χ0v) is 12.6. The molecule has 0 unspecified atom stereocenters. The summed E-state index contributed by atoms with van der Waals surface area (Å²) >= 11 is 0. The quantitative estimate of drug-likeness (QED) is 0.900. The summed E-state index contributed by atoms with van der Waals surface area (Å²) in [6.07, 6.45) is 2.98. The van der Waals surface area contributed by atoms with Crippen molar-refractivity contribution in [1.82, 2.24) is 19.5 Å². The van der Waals surface area contributed by atoms with Gasteiger partial charge in [-0.15, -0.1) is 0 Å². The monoisotopic (exact) mass is 294 g/mol. The Morgan fingerprint density at radius 1 is 1.35 bits per heavy atom. The highest BCUT2D eigenvalue weighted by Crippen LogP contribution is 2.16. The molecule has 0 aliphatic heterocycles. The number of rotatable bonds is 5. The molecule has 0 saturated heterocycles. The fourth-order valence-corrected chi connectivity index (χ4v) is 3.54. The Bertz CT molecular complexity index is 680. The number of aryl methyl sites for hydroxylation is 2. The number of benzene rings is 1. The van der Waals surface area contributed by atoms with Crippen LogP contribution in [0.2, 0.25) is 0 Å². The fraction of sp³-hybridized carbons (Fsp3) is 0.385. The highest BCUT2D eigenvalue weighted by molar-refractivity contribution is 7.89. The predicted molar refractivity (Wildman–Crippen MR) is 75.7 cm³/mol. The topological polar surface area (TPSA) is 76.9 Å². The molecule has 20 heavy (non-hydrogen) atoms. The van der Waals surface area contributed by atoms with Crippen LogP contribution in [0.15, 0.2) is 35.7 Å². The lowest BCUT2D eigenvalue weighted by molar-refractivity contribution is 0.493. The van der Waals surface area contributed by atoms with Gasteiger partial charge < -0.3 is 0 Å². The first-order valence-electron chi connectivity index (χ1n) is 6.30. The zero-order chi connectivity index (χ0) is 14.8. The van der Waals surface area contributed by atoms with Crippen molar-refractivity contribution in [3.05, 3.63) is 42.0 Å². The van der Waals surface area contributed by atoms with Crippen molar-refractivity contribution in [1.29, 1.82) is 0 Å². The summed E-state index contributed by atoms with van der Waals surface area (Å²) in [7, 11) is -3.52. The Kier molecular flexibility index (Phi) is 4.20. The molecule has 2 rings (SSSR count). The van der Waals surface area contributed by atoms with Crippen LogP contribution >= 0.6 is 0 Å². The van der Waals surface area contributed by atoms with Crippen LogP contribution in [0.4, 0.5) is 0 Å². The summed E-state index contributed by atoms with van der Waals surface area (Å²) in [5.74, 6) is 0. The molecular formula is C13H18N4O2S. The van der Waals surface area contributed by atoms with Crippen LogP contribution in [-0.4, -0.2) is 29.2 Å². The summed E-state index contributed by atoms with van der Waals surface area (Å²) in [5, 5.41) is 3.96. The Morgan fingerprint density at radius 3 is 2.70 bits per heavy atom. The van der Waals surface area contributed by atoms with Gasteiger partial charge in [0.05, 0.1) is 11.4 Å². The van der Waals surface area contributed by atoms with Crippen molar-refractivity contribution in [2.45, 2.75) is 38.3 Å². The molecule has 0 saturated carbocycles. The largest absolute Gasteiger partial charge is 0.251 e. The van der Waals surface area contributed by atoms with Crippen LogP contribution in [0.1, 0.15) is 18.1 Å². The van der Waals surface area contributed by atoms with Crippen LogP contribution in [0, 0.1) is 13.8 Å². The molecule has 0 radical (unpaired) electrons. The molecule has 0 fully saturated rings. The molecule has 1 atom stereocenters. The minimum absolute atomic E-state index is 0.276. The van der Waals surface area contributed by atoms with Crippen molar-refractivity contribution in [2.75, 3.05) is 0 Å². The summed E-state index contributed by atoms with van der Waals surface area (Å²) < 4.78 is 28.9. The first-order valence-corrected chi connectivity index (χ1v) is 7.79. The molecular weight excluding hydrogens is 276 g/mol. The van der Waals surface area contributed by atoms with Crippen LogP contribution < -0.4 is 4.72 Å². The van der Waals surface area contributed by atoms with E-state index in [0.717, 1.165) is 11.1 Å². The maximum Gasteiger partial charge on any atom is 0.241 e. The lowest BCUT2D eigenvalue weighted by Crippen LogP contribution is -2.36. The average molecular weight is 294 g/mol. The molecule has 0 bridgehead atoms. The molecule has 1 aromatic heterocycles. The second-order valence-corrected chi connectivity index (χ2v) is 6.59. The minimum Gasteiger partial charge on any atom is -0.251 e. The number of aromatic nitrogens is 3. The van der Waals surface area contributed by atoms with E-state index in [9.17, 15) is 8.42 Å². The molecule has 1 N–H and O–H groups in total. The first-order chi connectivity index (χ1) is 9.38. The summed E-state index contributed by atoms with van der Waals surface area (Å²) in [6.45, 7) is 5.96. The fourth-order valence-electron chi connectivity index (χ4n) is 2.07. The highest BCUT2D eigenvalue weighted by atomic mass is 32.2. The van der Waals surface area contributed by atoms with Crippen LogP contribution in [-0.2, 0) is 16.6 Å². The number of hydrogen-bond acceptors (Lipinski definition) is 4. The maximum atomic E-state index is 12.3.